The van der Waals surface area contributed by atoms with Gasteiger partial charge in [0.25, 0.3) is 5.91 Å². The van der Waals surface area contributed by atoms with Gasteiger partial charge in [-0.05, 0) is 56.7 Å². The van der Waals surface area contributed by atoms with E-state index < -0.39 is 11.7 Å². The molecule has 30 heavy (non-hydrogen) atoms. The summed E-state index contributed by atoms with van der Waals surface area (Å²) in [6.45, 7) is 5.23. The summed E-state index contributed by atoms with van der Waals surface area (Å²) in [4.78, 5) is 35.9. The van der Waals surface area contributed by atoms with Crippen LogP contribution in [-0.4, -0.2) is 30.1 Å². The van der Waals surface area contributed by atoms with Crippen molar-refractivity contribution >= 4 is 46.8 Å². The molecule has 0 atom stereocenters. The lowest BCUT2D eigenvalue weighted by Gasteiger charge is -2.19. The normalized spacial score (nSPS) is 10.8. The summed E-state index contributed by atoms with van der Waals surface area (Å²) in [7, 11) is 0. The van der Waals surface area contributed by atoms with Gasteiger partial charge in [0.05, 0.1) is 10.0 Å². The molecule has 0 heterocycles. The molecule has 2 rings (SSSR count). The Morgan fingerprint density at radius 3 is 2.37 bits per heavy atom. The lowest BCUT2D eigenvalue weighted by Crippen LogP contribution is -2.39. The zero-order valence-corrected chi connectivity index (χ0v) is 18.4. The minimum Gasteiger partial charge on any atom is -0.444 e. The van der Waals surface area contributed by atoms with Crippen LogP contribution < -0.4 is 16.0 Å². The average molecular weight is 452 g/mol. The van der Waals surface area contributed by atoms with E-state index in [0.717, 1.165) is 5.56 Å². The second-order valence-electron chi connectivity index (χ2n) is 7.42. The predicted octanol–water partition coefficient (Wildman–Crippen LogP) is 4.39. The van der Waals surface area contributed by atoms with Gasteiger partial charge in [0, 0.05) is 17.8 Å². The monoisotopic (exact) mass is 451 g/mol. The van der Waals surface area contributed by atoms with E-state index in [0.29, 0.717) is 21.3 Å². The van der Waals surface area contributed by atoms with Gasteiger partial charge in [-0.1, -0.05) is 35.3 Å². The molecule has 0 spiro atoms. The molecule has 2 aromatic carbocycles. The molecule has 0 aliphatic heterocycles. The zero-order valence-electron chi connectivity index (χ0n) is 16.8. The van der Waals surface area contributed by atoms with Crippen molar-refractivity contribution in [1.82, 2.24) is 10.6 Å². The Morgan fingerprint density at radius 1 is 0.967 bits per heavy atom. The maximum absolute atomic E-state index is 12.4. The molecule has 0 radical (unpaired) electrons. The number of nitrogens with one attached hydrogen (secondary N) is 3. The van der Waals surface area contributed by atoms with Crippen LogP contribution in [-0.2, 0) is 16.1 Å². The Kier molecular flexibility index (Phi) is 8.08. The Balaban J connectivity index is 1.86. The summed E-state index contributed by atoms with van der Waals surface area (Å²) in [6.07, 6.45) is -0.662. The van der Waals surface area contributed by atoms with E-state index in [9.17, 15) is 14.4 Å². The van der Waals surface area contributed by atoms with E-state index in [1.807, 2.05) is 0 Å². The van der Waals surface area contributed by atoms with Crippen molar-refractivity contribution in [3.63, 3.8) is 0 Å². The van der Waals surface area contributed by atoms with Crippen molar-refractivity contribution in [2.45, 2.75) is 32.9 Å². The van der Waals surface area contributed by atoms with Gasteiger partial charge in [-0.25, -0.2) is 4.79 Å². The zero-order chi connectivity index (χ0) is 22.3. The molecule has 2 aromatic rings. The van der Waals surface area contributed by atoms with Gasteiger partial charge in [-0.15, -0.1) is 0 Å². The maximum atomic E-state index is 12.4. The SMILES string of the molecule is CC(C)(C)OC(=O)NCC(=O)NCc1cccc(NC(=O)c2ccc(Cl)c(Cl)c2)c1. The molecule has 9 heteroatoms. The Bertz CT molecular complexity index is 942. The van der Waals surface area contributed by atoms with E-state index in [1.54, 1.807) is 57.2 Å². The summed E-state index contributed by atoms with van der Waals surface area (Å²) in [5, 5.41) is 8.51. The number of hydrogen-bond donors (Lipinski definition) is 3. The molecule has 0 bridgehead atoms. The van der Waals surface area contributed by atoms with Gasteiger partial charge in [0.1, 0.15) is 12.1 Å². The van der Waals surface area contributed by atoms with Crippen LogP contribution >= 0.6 is 23.2 Å². The lowest BCUT2D eigenvalue weighted by atomic mass is 10.1. The lowest BCUT2D eigenvalue weighted by molar-refractivity contribution is -0.120. The van der Waals surface area contributed by atoms with Crippen molar-refractivity contribution in [2.75, 3.05) is 11.9 Å². The molecule has 0 fully saturated rings. The number of benzene rings is 2. The van der Waals surface area contributed by atoms with Crippen molar-refractivity contribution in [3.05, 3.63) is 63.6 Å². The first-order valence-electron chi connectivity index (χ1n) is 9.12. The number of ether oxygens (including phenoxy) is 1. The van der Waals surface area contributed by atoms with Crippen LogP contribution in [0.3, 0.4) is 0 Å². The van der Waals surface area contributed by atoms with Crippen LogP contribution in [0.25, 0.3) is 0 Å². The highest BCUT2D eigenvalue weighted by Gasteiger charge is 2.16. The molecule has 7 nitrogen and oxygen atoms in total. The van der Waals surface area contributed by atoms with Crippen LogP contribution in [0.15, 0.2) is 42.5 Å². The number of carbonyl (C=O) groups is 3. The van der Waals surface area contributed by atoms with E-state index in [1.165, 1.54) is 6.07 Å². The first-order valence-corrected chi connectivity index (χ1v) is 9.88. The highest BCUT2D eigenvalue weighted by atomic mass is 35.5. The van der Waals surface area contributed by atoms with Crippen LogP contribution in [0.5, 0.6) is 0 Å². The number of amides is 3. The van der Waals surface area contributed by atoms with E-state index in [2.05, 4.69) is 16.0 Å². The van der Waals surface area contributed by atoms with E-state index >= 15 is 0 Å². The molecule has 0 aromatic heterocycles. The largest absolute Gasteiger partial charge is 0.444 e. The summed E-state index contributed by atoms with van der Waals surface area (Å²) in [5.74, 6) is -0.706. The topological polar surface area (TPSA) is 96.5 Å². The second kappa shape index (κ2) is 10.3. The van der Waals surface area contributed by atoms with Crippen LogP contribution in [0.4, 0.5) is 10.5 Å². The summed E-state index contributed by atoms with van der Waals surface area (Å²) >= 11 is 11.8. The first kappa shape index (κ1) is 23.5. The van der Waals surface area contributed by atoms with E-state index in [-0.39, 0.29) is 24.9 Å². The van der Waals surface area contributed by atoms with Gasteiger partial charge in [-0.3, -0.25) is 9.59 Å². The molecule has 3 N–H and O–H groups in total. The van der Waals surface area contributed by atoms with Gasteiger partial charge >= 0.3 is 6.09 Å². The van der Waals surface area contributed by atoms with Crippen LogP contribution in [0, 0.1) is 0 Å². The molecule has 3 amide bonds. The number of rotatable bonds is 6. The summed E-state index contributed by atoms with van der Waals surface area (Å²) in [6, 6.07) is 11.6. The third-order valence-corrected chi connectivity index (χ3v) is 4.39. The first-order chi connectivity index (χ1) is 14.0. The van der Waals surface area contributed by atoms with Crippen LogP contribution in [0.2, 0.25) is 10.0 Å². The standard InChI is InChI=1S/C21H23Cl2N3O4/c1-21(2,3)30-20(29)25-12-18(27)24-11-13-5-4-6-15(9-13)26-19(28)14-7-8-16(22)17(23)10-14/h4-10H,11-12H2,1-3H3,(H,24,27)(H,25,29)(H,26,28). The molecular formula is C21H23Cl2N3O4. The molecule has 0 aliphatic carbocycles. The molecule has 160 valence electrons. The van der Waals surface area contributed by atoms with E-state index in [4.69, 9.17) is 27.9 Å². The second-order valence-corrected chi connectivity index (χ2v) is 8.23. The molecule has 0 saturated carbocycles. The Hall–Kier alpha value is -2.77. The molecular weight excluding hydrogens is 429 g/mol. The highest BCUT2D eigenvalue weighted by Crippen LogP contribution is 2.23. The van der Waals surface area contributed by atoms with Gasteiger partial charge < -0.3 is 20.7 Å². The van der Waals surface area contributed by atoms with Crippen LogP contribution in [0.1, 0.15) is 36.7 Å². The van der Waals surface area contributed by atoms with Crippen molar-refractivity contribution in [1.29, 1.82) is 0 Å². The minimum atomic E-state index is -0.662. The smallest absolute Gasteiger partial charge is 0.408 e. The van der Waals surface area contributed by atoms with Crippen molar-refractivity contribution < 1.29 is 19.1 Å². The number of carbonyl (C=O) groups excluding carboxylic acids is 3. The fourth-order valence-corrected chi connectivity index (χ4v) is 2.63. The van der Waals surface area contributed by atoms with Gasteiger partial charge in [0.15, 0.2) is 0 Å². The number of hydrogen-bond acceptors (Lipinski definition) is 4. The molecule has 0 unspecified atom stereocenters. The maximum Gasteiger partial charge on any atom is 0.408 e. The fourth-order valence-electron chi connectivity index (χ4n) is 2.33. The molecule has 0 aliphatic rings. The quantitative estimate of drug-likeness (QED) is 0.606. The number of halogens is 2. The van der Waals surface area contributed by atoms with Crippen molar-refractivity contribution in [2.24, 2.45) is 0 Å². The van der Waals surface area contributed by atoms with Gasteiger partial charge in [0.2, 0.25) is 5.91 Å². The number of anilines is 1. The minimum absolute atomic E-state index is 0.206. The highest BCUT2D eigenvalue weighted by molar-refractivity contribution is 6.42. The predicted molar refractivity (Wildman–Crippen MR) is 117 cm³/mol. The van der Waals surface area contributed by atoms with Gasteiger partial charge in [-0.2, -0.15) is 0 Å². The summed E-state index contributed by atoms with van der Waals surface area (Å²) in [5.41, 5.74) is 1.07. The third-order valence-electron chi connectivity index (χ3n) is 3.65. The third kappa shape index (κ3) is 7.93. The molecule has 0 saturated heterocycles. The summed E-state index contributed by atoms with van der Waals surface area (Å²) < 4.78 is 5.07. The number of alkyl carbamates (subject to hydrolysis) is 1. The Labute approximate surface area is 185 Å². The van der Waals surface area contributed by atoms with Crippen molar-refractivity contribution in [3.8, 4) is 0 Å². The Morgan fingerprint density at radius 2 is 1.70 bits per heavy atom. The average Bonchev–Trinajstić information content (AvgIpc) is 2.66. The fraction of sp³-hybridized carbons (Fsp3) is 0.286.